The third-order valence-electron chi connectivity index (χ3n) is 10.5. The third-order valence-corrected chi connectivity index (χ3v) is 10.5. The number of rotatable bonds is 43. The first-order chi connectivity index (χ1) is 29.2. The van der Waals surface area contributed by atoms with Gasteiger partial charge in [0.1, 0.15) is 0 Å². The molecule has 0 aliphatic carbocycles. The molecule has 0 spiro atoms. The molecular formula is C55H93NO3. The van der Waals surface area contributed by atoms with Crippen molar-refractivity contribution in [2.75, 3.05) is 6.61 Å². The number of aliphatic hydroxyl groups excluding tert-OH is 2. The van der Waals surface area contributed by atoms with Gasteiger partial charge in [-0.3, -0.25) is 4.79 Å². The first-order valence-corrected chi connectivity index (χ1v) is 24.6. The first-order valence-electron chi connectivity index (χ1n) is 24.6. The maximum absolute atomic E-state index is 12.4. The molecule has 0 saturated heterocycles. The van der Waals surface area contributed by atoms with Gasteiger partial charge in [0.05, 0.1) is 18.8 Å². The molecule has 0 bridgehead atoms. The SMILES string of the molecule is CC/C=C\C/C=C\C/C=C\C/C=C\C/C=C\C/C=C\C/C=C\CCCCCCCC(=O)NC(CO)C(O)/C=C/CC/C=C/CCCCCCCCCCCCCCCC. The molecule has 0 aromatic carbocycles. The smallest absolute Gasteiger partial charge is 0.220 e. The van der Waals surface area contributed by atoms with Crippen molar-refractivity contribution in [1.82, 2.24) is 5.32 Å². The monoisotopic (exact) mass is 816 g/mol. The molecule has 2 unspecified atom stereocenters. The van der Waals surface area contributed by atoms with E-state index in [0.717, 1.165) is 89.9 Å². The Labute approximate surface area is 366 Å². The molecule has 0 aliphatic rings. The summed E-state index contributed by atoms with van der Waals surface area (Å²) in [5.74, 6) is -0.0970. The fourth-order valence-electron chi connectivity index (χ4n) is 6.76. The molecule has 4 heteroatoms. The molecule has 0 rings (SSSR count). The van der Waals surface area contributed by atoms with E-state index in [4.69, 9.17) is 0 Å². The third kappa shape index (κ3) is 46.0. The van der Waals surface area contributed by atoms with E-state index >= 15 is 0 Å². The van der Waals surface area contributed by atoms with Crippen LogP contribution in [0.3, 0.4) is 0 Å². The maximum atomic E-state index is 12.4. The van der Waals surface area contributed by atoms with E-state index in [-0.39, 0.29) is 12.5 Å². The zero-order valence-corrected chi connectivity index (χ0v) is 38.5. The van der Waals surface area contributed by atoms with E-state index in [1.165, 1.54) is 103 Å². The van der Waals surface area contributed by atoms with Gasteiger partial charge < -0.3 is 15.5 Å². The average Bonchev–Trinajstić information content (AvgIpc) is 3.24. The number of aliphatic hydroxyl groups is 2. The van der Waals surface area contributed by atoms with Crippen molar-refractivity contribution in [1.29, 1.82) is 0 Å². The standard InChI is InChI=1S/C55H93NO3/c1-3-5-7-9-11-13-15-17-19-21-23-25-26-27-28-29-30-31-33-35-37-39-41-43-45-47-49-51-55(59)56-53(52-57)54(58)50-48-46-44-42-40-38-36-34-32-24-22-20-18-16-14-12-10-8-6-4-2/h5,7,11,13,17,19,23,25,27-28,30-31,35,37,40,42,48,50,53-54,57-58H,3-4,6,8-10,12,14-16,18,20-22,24,26,29,32-34,36,38-39,41,43-47,49,51-52H2,1-2H3,(H,56,59)/b7-5-,13-11-,19-17-,25-23-,28-27-,31-30-,37-35-,42-40+,50-48+. The average molecular weight is 816 g/mol. The molecule has 59 heavy (non-hydrogen) atoms. The van der Waals surface area contributed by atoms with Gasteiger partial charge in [-0.05, 0) is 89.9 Å². The van der Waals surface area contributed by atoms with Crippen molar-refractivity contribution in [2.45, 2.75) is 225 Å². The summed E-state index contributed by atoms with van der Waals surface area (Å²) in [6.07, 6.45) is 74.9. The summed E-state index contributed by atoms with van der Waals surface area (Å²) in [6, 6.07) is -0.658. The Hall–Kier alpha value is -2.95. The van der Waals surface area contributed by atoms with Crippen LogP contribution < -0.4 is 5.32 Å². The highest BCUT2D eigenvalue weighted by atomic mass is 16.3. The van der Waals surface area contributed by atoms with Crippen molar-refractivity contribution in [2.24, 2.45) is 0 Å². The molecule has 0 fully saturated rings. The molecule has 336 valence electrons. The largest absolute Gasteiger partial charge is 0.394 e. The molecule has 0 aromatic heterocycles. The van der Waals surface area contributed by atoms with E-state index < -0.39 is 12.1 Å². The van der Waals surface area contributed by atoms with E-state index in [0.29, 0.717) is 6.42 Å². The predicted molar refractivity (Wildman–Crippen MR) is 262 cm³/mol. The lowest BCUT2D eigenvalue weighted by Crippen LogP contribution is -2.45. The van der Waals surface area contributed by atoms with E-state index in [2.05, 4.69) is 116 Å². The topological polar surface area (TPSA) is 69.6 Å². The summed E-state index contributed by atoms with van der Waals surface area (Å²) in [5.41, 5.74) is 0. The number of allylic oxidation sites excluding steroid dienone is 17. The lowest BCUT2D eigenvalue weighted by atomic mass is 10.0. The fourth-order valence-corrected chi connectivity index (χ4v) is 6.76. The summed E-state index contributed by atoms with van der Waals surface area (Å²) in [7, 11) is 0. The molecule has 3 N–H and O–H groups in total. The molecule has 0 radical (unpaired) electrons. The van der Waals surface area contributed by atoms with Crippen LogP contribution in [-0.4, -0.2) is 34.9 Å². The summed E-state index contributed by atoms with van der Waals surface area (Å²) < 4.78 is 0. The number of carbonyl (C=O) groups is 1. The van der Waals surface area contributed by atoms with E-state index in [1.54, 1.807) is 6.08 Å². The highest BCUT2D eigenvalue weighted by molar-refractivity contribution is 5.76. The number of amides is 1. The van der Waals surface area contributed by atoms with Gasteiger partial charge in [0.15, 0.2) is 0 Å². The number of hydrogen-bond donors (Lipinski definition) is 3. The first kappa shape index (κ1) is 56.0. The summed E-state index contributed by atoms with van der Waals surface area (Å²) in [5, 5.41) is 23.1. The molecule has 2 atom stereocenters. The molecule has 4 nitrogen and oxygen atoms in total. The van der Waals surface area contributed by atoms with Gasteiger partial charge in [0.25, 0.3) is 0 Å². The Morgan fingerprint density at radius 3 is 1.19 bits per heavy atom. The van der Waals surface area contributed by atoms with Crippen LogP contribution in [0.25, 0.3) is 0 Å². The number of unbranched alkanes of at least 4 members (excludes halogenated alkanes) is 20. The number of carbonyl (C=O) groups excluding carboxylic acids is 1. The molecule has 0 aliphatic heterocycles. The Morgan fingerprint density at radius 1 is 0.424 bits per heavy atom. The summed E-state index contributed by atoms with van der Waals surface area (Å²) >= 11 is 0. The van der Waals surface area contributed by atoms with Gasteiger partial charge >= 0.3 is 0 Å². The van der Waals surface area contributed by atoms with Crippen LogP contribution in [0.5, 0.6) is 0 Å². The van der Waals surface area contributed by atoms with Crippen molar-refractivity contribution in [3.63, 3.8) is 0 Å². The summed E-state index contributed by atoms with van der Waals surface area (Å²) in [6.45, 7) is 4.17. The normalized spacial score (nSPS) is 13.9. The van der Waals surface area contributed by atoms with Crippen LogP contribution in [0, 0.1) is 0 Å². The van der Waals surface area contributed by atoms with E-state index in [1.807, 2.05) is 6.08 Å². The minimum Gasteiger partial charge on any atom is -0.394 e. The lowest BCUT2D eigenvalue weighted by molar-refractivity contribution is -0.123. The van der Waals surface area contributed by atoms with Gasteiger partial charge in [0.2, 0.25) is 5.91 Å². The number of nitrogens with one attached hydrogen (secondary N) is 1. The zero-order valence-electron chi connectivity index (χ0n) is 38.5. The second kappa shape index (κ2) is 49.4. The molecule has 0 heterocycles. The second-order valence-electron chi connectivity index (χ2n) is 16.1. The second-order valence-corrected chi connectivity index (χ2v) is 16.1. The van der Waals surface area contributed by atoms with Crippen molar-refractivity contribution >= 4 is 5.91 Å². The maximum Gasteiger partial charge on any atom is 0.220 e. The van der Waals surface area contributed by atoms with Gasteiger partial charge in [-0.15, -0.1) is 0 Å². The molecule has 0 saturated carbocycles. The molecule has 1 amide bonds. The van der Waals surface area contributed by atoms with Gasteiger partial charge in [-0.1, -0.05) is 226 Å². The van der Waals surface area contributed by atoms with Gasteiger partial charge in [-0.25, -0.2) is 0 Å². The highest BCUT2D eigenvalue weighted by Crippen LogP contribution is 2.14. The van der Waals surface area contributed by atoms with Crippen LogP contribution in [0.1, 0.15) is 213 Å². The minimum atomic E-state index is -0.879. The Kier molecular flexibility index (Phi) is 46.9. The van der Waals surface area contributed by atoms with Crippen LogP contribution in [0.2, 0.25) is 0 Å². The van der Waals surface area contributed by atoms with Crippen molar-refractivity contribution in [3.05, 3.63) is 109 Å². The van der Waals surface area contributed by atoms with Gasteiger partial charge in [0, 0.05) is 6.42 Å². The summed E-state index contributed by atoms with van der Waals surface area (Å²) in [4.78, 5) is 12.4. The van der Waals surface area contributed by atoms with E-state index in [9.17, 15) is 15.0 Å². The van der Waals surface area contributed by atoms with Crippen LogP contribution in [0.4, 0.5) is 0 Å². The van der Waals surface area contributed by atoms with Gasteiger partial charge in [-0.2, -0.15) is 0 Å². The van der Waals surface area contributed by atoms with Crippen LogP contribution >= 0.6 is 0 Å². The van der Waals surface area contributed by atoms with Crippen LogP contribution in [-0.2, 0) is 4.79 Å². The van der Waals surface area contributed by atoms with Crippen molar-refractivity contribution < 1.29 is 15.0 Å². The Balaban J connectivity index is 3.70. The quantitative estimate of drug-likeness (QED) is 0.0424. The lowest BCUT2D eigenvalue weighted by Gasteiger charge is -2.19. The minimum absolute atomic E-state index is 0.0970. The van der Waals surface area contributed by atoms with Crippen LogP contribution in [0.15, 0.2) is 109 Å². The zero-order chi connectivity index (χ0) is 42.8. The molecule has 0 aromatic rings. The Morgan fingerprint density at radius 2 is 0.763 bits per heavy atom. The highest BCUT2D eigenvalue weighted by Gasteiger charge is 2.17. The Bertz CT molecular complexity index is 1150. The predicted octanol–water partition coefficient (Wildman–Crippen LogP) is 16.0. The fraction of sp³-hybridized carbons (Fsp3) is 0.655. The molecular weight excluding hydrogens is 723 g/mol. The number of hydrogen-bond acceptors (Lipinski definition) is 3. The van der Waals surface area contributed by atoms with Crippen molar-refractivity contribution in [3.8, 4) is 0 Å².